The molecule has 204 valence electrons. The summed E-state index contributed by atoms with van der Waals surface area (Å²) in [6.45, 7) is 19.7. The topological polar surface area (TPSA) is 38.9 Å². The lowest BCUT2D eigenvalue weighted by molar-refractivity contribution is 0.546. The SMILES string of the molecule is CC(C)(C)/C=C/c1ccoc1.CC(C)(C)c1ccc2ccccc2n1.CC(C)(C)c1cnc2ccccc2c1. The van der Waals surface area contributed by atoms with E-state index in [1.165, 1.54) is 16.3 Å². The monoisotopic (exact) mass is 520 g/mol. The van der Waals surface area contributed by atoms with Crippen LogP contribution in [-0.4, -0.2) is 9.97 Å². The van der Waals surface area contributed by atoms with Crippen molar-refractivity contribution in [2.24, 2.45) is 5.41 Å². The van der Waals surface area contributed by atoms with E-state index < -0.39 is 0 Å². The smallest absolute Gasteiger partial charge is 0.0974 e. The zero-order valence-electron chi connectivity index (χ0n) is 25.1. The lowest BCUT2D eigenvalue weighted by Crippen LogP contribution is -2.13. The van der Waals surface area contributed by atoms with Crippen molar-refractivity contribution < 1.29 is 4.42 Å². The fourth-order valence-corrected chi connectivity index (χ4v) is 3.68. The highest BCUT2D eigenvalue weighted by molar-refractivity contribution is 5.79. The average Bonchev–Trinajstić information content (AvgIpc) is 3.40. The van der Waals surface area contributed by atoms with Crippen LogP contribution in [0.1, 0.15) is 79.1 Å². The Morgan fingerprint density at radius 3 is 1.90 bits per heavy atom. The van der Waals surface area contributed by atoms with Crippen LogP contribution in [0.4, 0.5) is 0 Å². The molecule has 0 atom stereocenters. The molecule has 3 heterocycles. The van der Waals surface area contributed by atoms with Crippen LogP contribution in [0, 0.1) is 5.41 Å². The van der Waals surface area contributed by atoms with E-state index in [1.807, 2.05) is 36.5 Å². The molecule has 0 amide bonds. The van der Waals surface area contributed by atoms with E-state index in [9.17, 15) is 0 Å². The van der Waals surface area contributed by atoms with Gasteiger partial charge in [-0.05, 0) is 46.7 Å². The molecule has 5 rings (SSSR count). The van der Waals surface area contributed by atoms with Gasteiger partial charge in [-0.25, -0.2) is 0 Å². The molecule has 3 aromatic heterocycles. The molecule has 0 N–H and O–H groups in total. The summed E-state index contributed by atoms with van der Waals surface area (Å²) >= 11 is 0. The van der Waals surface area contributed by atoms with Crippen LogP contribution < -0.4 is 0 Å². The zero-order chi connectivity index (χ0) is 28.7. The minimum atomic E-state index is 0.129. The van der Waals surface area contributed by atoms with Gasteiger partial charge in [-0.1, -0.05) is 117 Å². The summed E-state index contributed by atoms with van der Waals surface area (Å²) in [7, 11) is 0. The van der Waals surface area contributed by atoms with Crippen LogP contribution >= 0.6 is 0 Å². The van der Waals surface area contributed by atoms with E-state index in [1.54, 1.807) is 12.5 Å². The van der Waals surface area contributed by atoms with Gasteiger partial charge in [0.2, 0.25) is 0 Å². The Bertz CT molecular complexity index is 1400. The second-order valence-corrected chi connectivity index (χ2v) is 13.1. The Kier molecular flexibility index (Phi) is 9.50. The van der Waals surface area contributed by atoms with Crippen LogP contribution in [0.25, 0.3) is 27.9 Å². The molecule has 0 unspecified atom stereocenters. The van der Waals surface area contributed by atoms with Crippen molar-refractivity contribution in [1.82, 2.24) is 9.97 Å². The summed E-state index contributed by atoms with van der Waals surface area (Å²) in [6.07, 6.45) is 9.63. The standard InChI is InChI=1S/2C13H15N.C10H14O/c1-13(2,3)11-8-10-6-4-5-7-12(10)14-9-11;1-13(2,3)12-9-8-10-6-4-5-7-11(10)14-12;1-10(2,3)6-4-9-5-7-11-8-9/h2*4-9H,1-3H3;4-8H,1-3H3/b;;6-4+. The van der Waals surface area contributed by atoms with E-state index in [4.69, 9.17) is 4.42 Å². The van der Waals surface area contributed by atoms with Gasteiger partial charge in [0.15, 0.2) is 0 Å². The molecule has 3 nitrogen and oxygen atoms in total. The summed E-state index contributed by atoms with van der Waals surface area (Å²) in [5, 5.41) is 2.43. The number of nitrogens with zero attached hydrogens (tertiary/aromatic N) is 2. The molecule has 0 saturated carbocycles. The van der Waals surface area contributed by atoms with Gasteiger partial charge >= 0.3 is 0 Å². The lowest BCUT2D eigenvalue weighted by Gasteiger charge is -2.18. The molecule has 0 aliphatic rings. The number of fused-ring (bicyclic) bond motifs is 2. The molecular weight excluding hydrogens is 476 g/mol. The number of rotatable bonds is 1. The van der Waals surface area contributed by atoms with E-state index >= 15 is 0 Å². The minimum Gasteiger partial charge on any atom is -0.472 e. The summed E-state index contributed by atoms with van der Waals surface area (Å²) in [5.74, 6) is 0. The second-order valence-electron chi connectivity index (χ2n) is 13.1. The number of para-hydroxylation sites is 2. The van der Waals surface area contributed by atoms with Gasteiger partial charge in [-0.2, -0.15) is 0 Å². The largest absolute Gasteiger partial charge is 0.472 e. The molecule has 5 aromatic rings. The van der Waals surface area contributed by atoms with Gasteiger partial charge in [0.1, 0.15) is 0 Å². The minimum absolute atomic E-state index is 0.129. The average molecular weight is 521 g/mol. The van der Waals surface area contributed by atoms with Crippen molar-refractivity contribution >= 4 is 27.9 Å². The van der Waals surface area contributed by atoms with E-state index in [-0.39, 0.29) is 16.2 Å². The quantitative estimate of drug-likeness (QED) is 0.221. The van der Waals surface area contributed by atoms with Crippen LogP contribution in [0.15, 0.2) is 102 Å². The first-order valence-corrected chi connectivity index (χ1v) is 13.7. The van der Waals surface area contributed by atoms with Gasteiger partial charge < -0.3 is 4.42 Å². The molecule has 0 aliphatic heterocycles. The molecule has 0 fully saturated rings. The Labute approximate surface area is 235 Å². The van der Waals surface area contributed by atoms with Gasteiger partial charge in [0, 0.05) is 33.6 Å². The maximum atomic E-state index is 4.93. The Morgan fingerprint density at radius 1 is 0.667 bits per heavy atom. The molecule has 2 aromatic carbocycles. The van der Waals surface area contributed by atoms with Crippen molar-refractivity contribution in [2.75, 3.05) is 0 Å². The lowest BCUT2D eigenvalue weighted by atomic mass is 9.88. The van der Waals surface area contributed by atoms with Crippen molar-refractivity contribution in [3.05, 3.63) is 114 Å². The Balaban J connectivity index is 0.000000163. The first-order chi connectivity index (χ1) is 18.2. The third-order valence-corrected chi connectivity index (χ3v) is 6.14. The summed E-state index contributed by atoms with van der Waals surface area (Å²) in [4.78, 5) is 9.09. The molecule has 3 heteroatoms. The number of benzene rings is 2. The molecular formula is C36H44N2O. The molecule has 0 bridgehead atoms. The summed E-state index contributed by atoms with van der Waals surface area (Å²) in [5.41, 5.74) is 6.27. The van der Waals surface area contributed by atoms with Crippen LogP contribution in [0.3, 0.4) is 0 Å². The first-order valence-electron chi connectivity index (χ1n) is 13.7. The first kappa shape index (κ1) is 29.8. The van der Waals surface area contributed by atoms with Crippen molar-refractivity contribution in [1.29, 1.82) is 0 Å². The van der Waals surface area contributed by atoms with Gasteiger partial charge in [-0.15, -0.1) is 0 Å². The third kappa shape index (κ3) is 9.51. The van der Waals surface area contributed by atoms with Crippen LogP contribution in [0.5, 0.6) is 0 Å². The van der Waals surface area contributed by atoms with Crippen LogP contribution in [-0.2, 0) is 10.8 Å². The van der Waals surface area contributed by atoms with Gasteiger partial charge in [0.05, 0.1) is 23.6 Å². The number of hydrogen-bond acceptors (Lipinski definition) is 3. The maximum Gasteiger partial charge on any atom is 0.0974 e. The number of aromatic nitrogens is 2. The van der Waals surface area contributed by atoms with E-state index in [2.05, 4.69) is 127 Å². The van der Waals surface area contributed by atoms with Crippen molar-refractivity contribution in [3.63, 3.8) is 0 Å². The van der Waals surface area contributed by atoms with Gasteiger partial charge in [0.25, 0.3) is 0 Å². The fourth-order valence-electron chi connectivity index (χ4n) is 3.68. The normalized spacial score (nSPS) is 12.1. The summed E-state index contributed by atoms with van der Waals surface area (Å²) < 4.78 is 4.93. The molecule has 0 radical (unpaired) electrons. The molecule has 39 heavy (non-hydrogen) atoms. The number of furan rings is 1. The van der Waals surface area contributed by atoms with Crippen LogP contribution in [0.2, 0.25) is 0 Å². The molecule has 0 spiro atoms. The van der Waals surface area contributed by atoms with E-state index in [0.717, 1.165) is 22.3 Å². The number of hydrogen-bond donors (Lipinski definition) is 0. The van der Waals surface area contributed by atoms with Crippen molar-refractivity contribution in [2.45, 2.75) is 73.1 Å². The maximum absolute atomic E-state index is 4.93. The van der Waals surface area contributed by atoms with E-state index in [0.29, 0.717) is 0 Å². The van der Waals surface area contributed by atoms with Crippen molar-refractivity contribution in [3.8, 4) is 0 Å². The Morgan fingerprint density at radius 2 is 1.31 bits per heavy atom. The second kappa shape index (κ2) is 12.4. The highest BCUT2D eigenvalue weighted by Crippen LogP contribution is 2.24. The molecule has 0 saturated heterocycles. The summed E-state index contributed by atoms with van der Waals surface area (Å²) in [6, 6.07) is 24.9. The predicted molar refractivity (Wildman–Crippen MR) is 168 cm³/mol. The predicted octanol–water partition coefficient (Wildman–Crippen LogP) is 10.4. The third-order valence-electron chi connectivity index (χ3n) is 6.14. The Hall–Kier alpha value is -3.72. The van der Waals surface area contributed by atoms with Gasteiger partial charge in [-0.3, -0.25) is 9.97 Å². The number of allylic oxidation sites excluding steroid dienone is 1. The molecule has 0 aliphatic carbocycles. The fraction of sp³-hybridized carbons (Fsp3) is 0.333. The number of pyridine rings is 2. The zero-order valence-corrected chi connectivity index (χ0v) is 25.1. The highest BCUT2D eigenvalue weighted by atomic mass is 16.3. The highest BCUT2D eigenvalue weighted by Gasteiger charge is 2.15.